The molecule has 0 bridgehead atoms. The number of aromatic nitrogens is 2. The minimum atomic E-state index is -0.494. The van der Waals surface area contributed by atoms with E-state index in [9.17, 15) is 4.39 Å². The molecule has 3 nitrogen and oxygen atoms in total. The van der Waals surface area contributed by atoms with E-state index in [4.69, 9.17) is 4.74 Å². The second kappa shape index (κ2) is 12.2. The highest BCUT2D eigenvalue weighted by atomic mass is 127. The molecule has 0 aliphatic carbocycles. The van der Waals surface area contributed by atoms with Gasteiger partial charge in [0.2, 0.25) is 5.95 Å². The summed E-state index contributed by atoms with van der Waals surface area (Å²) in [5.41, 5.74) is 1.37. The maximum absolute atomic E-state index is 13.8. The lowest BCUT2D eigenvalue weighted by Gasteiger charge is -2.08. The molecule has 0 spiro atoms. The molecule has 0 saturated heterocycles. The Morgan fingerprint density at radius 1 is 0.962 bits per heavy atom. The van der Waals surface area contributed by atoms with E-state index in [1.54, 1.807) is 6.20 Å². The second-order valence-electron chi connectivity index (χ2n) is 6.57. The summed E-state index contributed by atoms with van der Waals surface area (Å²) in [5, 5.41) is 0. The van der Waals surface area contributed by atoms with E-state index in [1.807, 2.05) is 46.9 Å². The predicted octanol–water partition coefficient (Wildman–Crippen LogP) is 6.33. The van der Waals surface area contributed by atoms with Crippen molar-refractivity contribution in [2.45, 2.75) is 64.7 Å². The zero-order valence-electron chi connectivity index (χ0n) is 15.5. The standard InChI is InChI=1S/C21H28FIN2O/c1-2-3-4-5-6-7-8-9-14-26-18-12-10-17(11-13-18)15-19-21(22)25-20(23)16-24-19/h10-13,16H,2-9,14-15H2,1H3. The summed E-state index contributed by atoms with van der Waals surface area (Å²) in [7, 11) is 0. The van der Waals surface area contributed by atoms with Crippen molar-refractivity contribution in [2.24, 2.45) is 0 Å². The van der Waals surface area contributed by atoms with Crippen molar-refractivity contribution in [3.63, 3.8) is 0 Å². The first-order chi connectivity index (χ1) is 12.7. The topological polar surface area (TPSA) is 35.0 Å². The molecule has 142 valence electrons. The number of ether oxygens (including phenoxy) is 1. The Labute approximate surface area is 169 Å². The zero-order chi connectivity index (χ0) is 18.6. The quantitative estimate of drug-likeness (QED) is 0.269. The summed E-state index contributed by atoms with van der Waals surface area (Å²) in [6.07, 6.45) is 12.4. The molecule has 2 rings (SSSR count). The SMILES string of the molecule is CCCCCCCCCCOc1ccc(Cc2ncc(I)nc2F)cc1. The van der Waals surface area contributed by atoms with Crippen LogP contribution >= 0.6 is 22.6 Å². The predicted molar refractivity (Wildman–Crippen MR) is 112 cm³/mol. The van der Waals surface area contributed by atoms with E-state index >= 15 is 0 Å². The lowest BCUT2D eigenvalue weighted by atomic mass is 10.1. The van der Waals surface area contributed by atoms with Crippen molar-refractivity contribution >= 4 is 22.6 Å². The van der Waals surface area contributed by atoms with Crippen LogP contribution in [0, 0.1) is 9.65 Å². The van der Waals surface area contributed by atoms with E-state index in [0.29, 0.717) is 15.8 Å². The van der Waals surface area contributed by atoms with Gasteiger partial charge in [-0.25, -0.2) is 4.98 Å². The van der Waals surface area contributed by atoms with Crippen LogP contribution in [-0.2, 0) is 6.42 Å². The van der Waals surface area contributed by atoms with Gasteiger partial charge in [0.1, 0.15) is 9.45 Å². The molecule has 0 radical (unpaired) electrons. The summed E-state index contributed by atoms with van der Waals surface area (Å²) in [6.45, 7) is 3.00. The number of unbranched alkanes of at least 4 members (excludes halogenated alkanes) is 7. The Kier molecular flexibility index (Phi) is 9.89. The van der Waals surface area contributed by atoms with Crippen LogP contribution < -0.4 is 4.74 Å². The Balaban J connectivity index is 1.64. The van der Waals surface area contributed by atoms with Gasteiger partial charge in [0.15, 0.2) is 0 Å². The van der Waals surface area contributed by atoms with Crippen LogP contribution in [0.2, 0.25) is 0 Å². The normalized spacial score (nSPS) is 10.9. The molecule has 5 heteroatoms. The van der Waals surface area contributed by atoms with E-state index in [-0.39, 0.29) is 0 Å². The van der Waals surface area contributed by atoms with Gasteiger partial charge in [0, 0.05) is 6.42 Å². The van der Waals surface area contributed by atoms with Gasteiger partial charge in [-0.1, -0.05) is 64.0 Å². The van der Waals surface area contributed by atoms with Crippen LogP contribution in [-0.4, -0.2) is 16.6 Å². The van der Waals surface area contributed by atoms with Gasteiger partial charge in [-0.15, -0.1) is 0 Å². The molecule has 0 N–H and O–H groups in total. The van der Waals surface area contributed by atoms with Crippen LogP contribution in [0.25, 0.3) is 0 Å². The second-order valence-corrected chi connectivity index (χ2v) is 7.68. The van der Waals surface area contributed by atoms with Crippen LogP contribution in [0.4, 0.5) is 4.39 Å². The highest BCUT2D eigenvalue weighted by Gasteiger charge is 2.07. The number of nitrogens with zero attached hydrogens (tertiary/aromatic N) is 2. The molecule has 0 aliphatic heterocycles. The third-order valence-corrected chi connectivity index (χ3v) is 4.85. The zero-order valence-corrected chi connectivity index (χ0v) is 17.7. The van der Waals surface area contributed by atoms with Gasteiger partial charge in [-0.2, -0.15) is 4.39 Å². The van der Waals surface area contributed by atoms with Gasteiger partial charge in [0.05, 0.1) is 18.5 Å². The largest absolute Gasteiger partial charge is 0.494 e. The van der Waals surface area contributed by atoms with Crippen molar-refractivity contribution < 1.29 is 9.13 Å². The molecule has 0 saturated carbocycles. The van der Waals surface area contributed by atoms with Crippen molar-refractivity contribution in [1.82, 2.24) is 9.97 Å². The number of benzene rings is 1. The Morgan fingerprint density at radius 2 is 1.62 bits per heavy atom. The summed E-state index contributed by atoms with van der Waals surface area (Å²) >= 11 is 1.96. The van der Waals surface area contributed by atoms with Crippen molar-refractivity contribution in [1.29, 1.82) is 0 Å². The highest BCUT2D eigenvalue weighted by Crippen LogP contribution is 2.16. The first kappa shape index (κ1) is 21.1. The van der Waals surface area contributed by atoms with Crippen LogP contribution in [0.5, 0.6) is 5.75 Å². The van der Waals surface area contributed by atoms with E-state index in [2.05, 4.69) is 16.9 Å². The van der Waals surface area contributed by atoms with Crippen molar-refractivity contribution in [2.75, 3.05) is 6.61 Å². The highest BCUT2D eigenvalue weighted by molar-refractivity contribution is 14.1. The Morgan fingerprint density at radius 3 is 2.27 bits per heavy atom. The van der Waals surface area contributed by atoms with Gasteiger partial charge < -0.3 is 4.74 Å². The monoisotopic (exact) mass is 470 g/mol. The smallest absolute Gasteiger partial charge is 0.235 e. The minimum absolute atomic E-state index is 0.373. The fourth-order valence-electron chi connectivity index (χ4n) is 2.81. The van der Waals surface area contributed by atoms with Crippen LogP contribution in [0.1, 0.15) is 69.5 Å². The maximum atomic E-state index is 13.8. The molecule has 2 aromatic rings. The number of hydrogen-bond donors (Lipinski definition) is 0. The average Bonchev–Trinajstić information content (AvgIpc) is 2.64. The summed E-state index contributed by atoms with van der Waals surface area (Å²) in [6, 6.07) is 7.81. The molecule has 0 unspecified atom stereocenters. The molecular formula is C21H28FIN2O. The number of hydrogen-bond acceptors (Lipinski definition) is 3. The summed E-state index contributed by atoms with van der Waals surface area (Å²) in [4.78, 5) is 7.93. The van der Waals surface area contributed by atoms with Gasteiger partial charge in [-0.05, 0) is 46.7 Å². The fraction of sp³-hybridized carbons (Fsp3) is 0.524. The lowest BCUT2D eigenvalue weighted by Crippen LogP contribution is -2.01. The number of halogens is 2. The van der Waals surface area contributed by atoms with Gasteiger partial charge in [-0.3, -0.25) is 4.98 Å². The van der Waals surface area contributed by atoms with Crippen molar-refractivity contribution in [3.8, 4) is 5.75 Å². The molecule has 0 fully saturated rings. The molecule has 0 aliphatic rings. The first-order valence-electron chi connectivity index (χ1n) is 9.57. The molecule has 1 aromatic carbocycles. The lowest BCUT2D eigenvalue weighted by molar-refractivity contribution is 0.304. The van der Waals surface area contributed by atoms with Crippen LogP contribution in [0.15, 0.2) is 30.5 Å². The Bertz CT molecular complexity index is 649. The van der Waals surface area contributed by atoms with E-state index in [1.165, 1.54) is 44.9 Å². The van der Waals surface area contributed by atoms with E-state index < -0.39 is 5.95 Å². The molecule has 1 heterocycles. The molecule has 0 amide bonds. The van der Waals surface area contributed by atoms with E-state index in [0.717, 1.165) is 24.3 Å². The number of rotatable bonds is 12. The van der Waals surface area contributed by atoms with Gasteiger partial charge >= 0.3 is 0 Å². The molecule has 0 atom stereocenters. The van der Waals surface area contributed by atoms with Crippen molar-refractivity contribution in [3.05, 3.63) is 51.4 Å². The maximum Gasteiger partial charge on any atom is 0.235 e. The first-order valence-corrected chi connectivity index (χ1v) is 10.7. The molecule has 26 heavy (non-hydrogen) atoms. The average molecular weight is 470 g/mol. The third-order valence-electron chi connectivity index (χ3n) is 4.33. The van der Waals surface area contributed by atoms with Crippen LogP contribution in [0.3, 0.4) is 0 Å². The summed E-state index contributed by atoms with van der Waals surface area (Å²) < 4.78 is 20.1. The van der Waals surface area contributed by atoms with Gasteiger partial charge in [0.25, 0.3) is 0 Å². The fourth-order valence-corrected chi connectivity index (χ4v) is 3.16. The minimum Gasteiger partial charge on any atom is -0.494 e. The molecule has 1 aromatic heterocycles. The summed E-state index contributed by atoms with van der Waals surface area (Å²) in [5.74, 6) is 0.373. The third kappa shape index (κ3) is 7.98. The Hall–Kier alpha value is -1.24. The molecular weight excluding hydrogens is 442 g/mol.